The first-order valence-corrected chi connectivity index (χ1v) is 8.33. The van der Waals surface area contributed by atoms with Crippen LogP contribution in [-0.4, -0.2) is 55.3 Å². The summed E-state index contributed by atoms with van der Waals surface area (Å²) in [6, 6.07) is 0. The van der Waals surface area contributed by atoms with Crippen LogP contribution in [0, 0.1) is 0 Å². The number of halogens is 2. The van der Waals surface area contributed by atoms with Gasteiger partial charge in [-0.25, -0.2) is 8.78 Å². The maximum absolute atomic E-state index is 14.3. The Morgan fingerprint density at radius 3 is 2.52 bits per heavy atom. The zero-order valence-electron chi connectivity index (χ0n) is 15.1. The van der Waals surface area contributed by atoms with Crippen LogP contribution in [0.3, 0.4) is 0 Å². The highest BCUT2D eigenvalue weighted by Crippen LogP contribution is 2.38. The van der Waals surface area contributed by atoms with Gasteiger partial charge in [0.25, 0.3) is 0 Å². The topological polar surface area (TPSA) is 50.8 Å². The first-order valence-electron chi connectivity index (χ1n) is 8.33. The SMILES string of the molecule is CC1(C)OB(C(=C/C(F)=C/CN2CCNC(=O)C2)/C=C/F)OC1(C)C. The van der Waals surface area contributed by atoms with Crippen molar-refractivity contribution in [3.8, 4) is 0 Å². The van der Waals surface area contributed by atoms with E-state index in [-0.39, 0.29) is 17.9 Å². The third kappa shape index (κ3) is 4.99. The van der Waals surface area contributed by atoms with Gasteiger partial charge in [-0.1, -0.05) is 0 Å². The van der Waals surface area contributed by atoms with Crippen LogP contribution in [0.2, 0.25) is 0 Å². The molecule has 2 rings (SSSR count). The van der Waals surface area contributed by atoms with Gasteiger partial charge in [0.1, 0.15) is 5.83 Å². The fraction of sp³-hybridized carbons (Fsp3) is 0.588. The van der Waals surface area contributed by atoms with Crippen molar-refractivity contribution in [1.82, 2.24) is 10.2 Å². The zero-order chi connectivity index (χ0) is 18.7. The Bertz CT molecular complexity index is 587. The van der Waals surface area contributed by atoms with Gasteiger partial charge in [-0.2, -0.15) is 0 Å². The molecule has 0 aromatic heterocycles. The van der Waals surface area contributed by atoms with E-state index in [1.807, 2.05) is 32.6 Å². The number of hydrogen-bond acceptors (Lipinski definition) is 4. The van der Waals surface area contributed by atoms with Crippen LogP contribution >= 0.6 is 0 Å². The molecule has 0 saturated carbocycles. The molecule has 0 spiro atoms. The number of amides is 1. The molecule has 25 heavy (non-hydrogen) atoms. The van der Waals surface area contributed by atoms with Crippen molar-refractivity contribution in [2.45, 2.75) is 38.9 Å². The maximum atomic E-state index is 14.3. The lowest BCUT2D eigenvalue weighted by atomic mass is 9.77. The zero-order valence-corrected chi connectivity index (χ0v) is 15.1. The van der Waals surface area contributed by atoms with Crippen molar-refractivity contribution in [1.29, 1.82) is 0 Å². The van der Waals surface area contributed by atoms with Gasteiger partial charge < -0.3 is 14.6 Å². The Labute approximate surface area is 147 Å². The second kappa shape index (κ2) is 7.80. The molecule has 0 atom stereocenters. The number of hydrogen-bond donors (Lipinski definition) is 1. The summed E-state index contributed by atoms with van der Waals surface area (Å²) in [7, 11) is -0.850. The van der Waals surface area contributed by atoms with Gasteiger partial charge in [0.2, 0.25) is 5.91 Å². The number of nitrogens with one attached hydrogen (secondary N) is 1. The number of piperazine rings is 1. The van der Waals surface area contributed by atoms with E-state index in [0.29, 0.717) is 26.0 Å². The van der Waals surface area contributed by atoms with Gasteiger partial charge in [0.05, 0.1) is 24.1 Å². The van der Waals surface area contributed by atoms with Crippen molar-refractivity contribution in [3.63, 3.8) is 0 Å². The second-order valence-electron chi connectivity index (χ2n) is 7.20. The summed E-state index contributed by atoms with van der Waals surface area (Å²) in [5, 5.41) is 2.71. The standard InChI is InChI=1S/C17H25BF2N2O3/c1-16(2)17(3,4)25-18(24-16)13(5-7-19)11-14(20)6-9-22-10-8-21-15(23)12-22/h5-7,11H,8-10,12H2,1-4H3,(H,21,23)/b7-5+,13-11+,14-6-. The van der Waals surface area contributed by atoms with Gasteiger partial charge in [0, 0.05) is 19.6 Å². The summed E-state index contributed by atoms with van der Waals surface area (Å²) in [6.45, 7) is 9.23. The number of nitrogens with zero attached hydrogens (tertiary/aromatic N) is 1. The van der Waals surface area contributed by atoms with E-state index in [9.17, 15) is 13.6 Å². The molecule has 0 aromatic carbocycles. The number of allylic oxidation sites excluding steroid dienone is 4. The highest BCUT2D eigenvalue weighted by Gasteiger charge is 2.52. The van der Waals surface area contributed by atoms with E-state index in [2.05, 4.69) is 5.32 Å². The Hall–Kier alpha value is -1.51. The van der Waals surface area contributed by atoms with Gasteiger partial charge in [0.15, 0.2) is 0 Å². The molecule has 0 bridgehead atoms. The fourth-order valence-electron chi connectivity index (χ4n) is 2.53. The van der Waals surface area contributed by atoms with Gasteiger partial charge in [-0.3, -0.25) is 9.69 Å². The van der Waals surface area contributed by atoms with Crippen LogP contribution in [-0.2, 0) is 14.1 Å². The van der Waals surface area contributed by atoms with Crippen molar-refractivity contribution in [2.75, 3.05) is 26.2 Å². The van der Waals surface area contributed by atoms with E-state index < -0.39 is 24.1 Å². The van der Waals surface area contributed by atoms with Crippen LogP contribution in [0.4, 0.5) is 8.78 Å². The lowest BCUT2D eigenvalue weighted by Crippen LogP contribution is -2.47. The van der Waals surface area contributed by atoms with Crippen molar-refractivity contribution < 1.29 is 22.9 Å². The second-order valence-corrected chi connectivity index (χ2v) is 7.20. The average Bonchev–Trinajstić information content (AvgIpc) is 2.73. The molecule has 2 heterocycles. The molecule has 2 aliphatic heterocycles. The average molecular weight is 354 g/mol. The third-order valence-electron chi connectivity index (χ3n) is 4.75. The first-order chi connectivity index (χ1) is 11.6. The van der Waals surface area contributed by atoms with Gasteiger partial charge in [-0.15, -0.1) is 0 Å². The highest BCUT2D eigenvalue weighted by atomic mass is 19.1. The summed E-state index contributed by atoms with van der Waals surface area (Å²) in [4.78, 5) is 13.1. The summed E-state index contributed by atoms with van der Waals surface area (Å²) < 4.78 is 38.6. The van der Waals surface area contributed by atoms with E-state index in [1.54, 1.807) is 0 Å². The predicted molar refractivity (Wildman–Crippen MR) is 93.1 cm³/mol. The summed E-state index contributed by atoms with van der Waals surface area (Å²) in [5.74, 6) is -0.609. The van der Waals surface area contributed by atoms with Gasteiger partial charge >= 0.3 is 7.12 Å². The molecule has 5 nitrogen and oxygen atoms in total. The van der Waals surface area contributed by atoms with Crippen molar-refractivity contribution in [2.24, 2.45) is 0 Å². The summed E-state index contributed by atoms with van der Waals surface area (Å²) in [5.41, 5.74) is -0.934. The van der Waals surface area contributed by atoms with Crippen LogP contribution < -0.4 is 5.32 Å². The fourth-order valence-corrected chi connectivity index (χ4v) is 2.53. The molecular weight excluding hydrogens is 329 g/mol. The normalized spacial score (nSPS) is 24.9. The molecule has 138 valence electrons. The Morgan fingerprint density at radius 1 is 1.32 bits per heavy atom. The van der Waals surface area contributed by atoms with Crippen LogP contribution in [0.25, 0.3) is 0 Å². The van der Waals surface area contributed by atoms with E-state index >= 15 is 0 Å². The molecule has 2 saturated heterocycles. The van der Waals surface area contributed by atoms with E-state index in [0.717, 1.165) is 6.08 Å². The lowest BCUT2D eigenvalue weighted by Gasteiger charge is -2.32. The molecule has 1 N–H and O–H groups in total. The monoisotopic (exact) mass is 354 g/mol. The molecule has 0 aromatic rings. The number of carbonyl (C=O) groups excluding carboxylic acids is 1. The molecule has 2 fully saturated rings. The molecule has 0 aliphatic carbocycles. The van der Waals surface area contributed by atoms with E-state index in [1.165, 1.54) is 12.2 Å². The molecular formula is C17H25BF2N2O3. The Balaban J connectivity index is 2.08. The van der Waals surface area contributed by atoms with E-state index in [4.69, 9.17) is 9.31 Å². The van der Waals surface area contributed by atoms with Crippen LogP contribution in [0.1, 0.15) is 27.7 Å². The number of rotatable bonds is 5. The molecule has 8 heteroatoms. The molecule has 0 unspecified atom stereocenters. The molecule has 1 amide bonds. The highest BCUT2D eigenvalue weighted by molar-refractivity contribution is 6.55. The quantitative estimate of drug-likeness (QED) is 0.608. The van der Waals surface area contributed by atoms with Crippen molar-refractivity contribution in [3.05, 3.63) is 35.9 Å². The lowest BCUT2D eigenvalue weighted by molar-refractivity contribution is -0.123. The minimum Gasteiger partial charge on any atom is -0.399 e. The first kappa shape index (κ1) is 19.8. The Morgan fingerprint density at radius 2 is 1.96 bits per heavy atom. The summed E-state index contributed by atoms with van der Waals surface area (Å²) in [6.07, 6.45) is 4.02. The van der Waals surface area contributed by atoms with Gasteiger partial charge in [-0.05, 0) is 51.4 Å². The minimum atomic E-state index is -0.850. The Kier molecular flexibility index (Phi) is 6.19. The van der Waals surface area contributed by atoms with Crippen molar-refractivity contribution >= 4 is 13.0 Å². The molecule has 2 aliphatic rings. The smallest absolute Gasteiger partial charge is 0.399 e. The predicted octanol–water partition coefficient (Wildman–Crippen LogP) is 2.31. The molecule has 0 radical (unpaired) electrons. The maximum Gasteiger partial charge on any atom is 0.495 e. The minimum absolute atomic E-state index is 0.0751. The van der Waals surface area contributed by atoms with Crippen LogP contribution in [0.5, 0.6) is 0 Å². The summed E-state index contributed by atoms with van der Waals surface area (Å²) >= 11 is 0. The third-order valence-corrected chi connectivity index (χ3v) is 4.75. The largest absolute Gasteiger partial charge is 0.495 e. The number of carbonyl (C=O) groups is 1. The van der Waals surface area contributed by atoms with Crippen LogP contribution in [0.15, 0.2) is 35.9 Å².